The van der Waals surface area contributed by atoms with E-state index in [1.54, 1.807) is 0 Å². The molecule has 0 unspecified atom stereocenters. The summed E-state index contributed by atoms with van der Waals surface area (Å²) >= 11 is 5.92. The monoisotopic (exact) mass is 330 g/mol. The molecule has 6 heteroatoms. The zero-order valence-corrected chi connectivity index (χ0v) is 10.7. The van der Waals surface area contributed by atoms with Crippen LogP contribution in [0.25, 0.3) is 11.3 Å². The maximum absolute atomic E-state index is 11.5. The van der Waals surface area contributed by atoms with E-state index in [-0.39, 0.29) is 5.56 Å². The van der Waals surface area contributed by atoms with Crippen LogP contribution in [0.5, 0.6) is 0 Å². The molecule has 0 aliphatic carbocycles. The molecular formula is C9H5BrN3OSe. The molecule has 75 valence electrons. The molecule has 1 radical (unpaired) electrons. The summed E-state index contributed by atoms with van der Waals surface area (Å²) in [5.41, 5.74) is 0.814. The molecule has 4 nitrogen and oxygen atoms in total. The van der Waals surface area contributed by atoms with Crippen molar-refractivity contribution >= 4 is 36.7 Å². The molecule has 0 spiro atoms. The summed E-state index contributed by atoms with van der Waals surface area (Å²) in [6, 6.07) is 7.32. The third kappa shape index (κ3) is 2.34. The average Bonchev–Trinajstić information content (AvgIpc) is 2.20. The predicted molar refractivity (Wildman–Crippen MR) is 61.2 cm³/mol. The second-order valence-electron chi connectivity index (χ2n) is 2.81. The summed E-state index contributed by atoms with van der Waals surface area (Å²) in [5, 5.41) is 7.60. The van der Waals surface area contributed by atoms with E-state index < -0.39 is 0 Å². The number of aromatic amines is 1. The Morgan fingerprint density at radius 1 is 1.20 bits per heavy atom. The second-order valence-corrected chi connectivity index (χ2v) is 4.54. The van der Waals surface area contributed by atoms with Crippen molar-refractivity contribution in [3.8, 4) is 11.3 Å². The molecule has 15 heavy (non-hydrogen) atoms. The molecule has 0 aliphatic rings. The van der Waals surface area contributed by atoms with Gasteiger partial charge in [-0.2, -0.15) is 0 Å². The first-order valence-electron chi connectivity index (χ1n) is 4.07. The molecule has 1 N–H and O–H groups in total. The van der Waals surface area contributed by atoms with Crippen molar-refractivity contribution in [1.29, 1.82) is 0 Å². The first kappa shape index (κ1) is 10.5. The Morgan fingerprint density at radius 2 is 1.87 bits per heavy atom. The van der Waals surface area contributed by atoms with Gasteiger partial charge in [0, 0.05) is 0 Å². The van der Waals surface area contributed by atoms with Crippen molar-refractivity contribution < 1.29 is 0 Å². The molecule has 2 rings (SSSR count). The Hall–Kier alpha value is -0.971. The van der Waals surface area contributed by atoms with E-state index in [0.29, 0.717) is 10.4 Å². The van der Waals surface area contributed by atoms with Gasteiger partial charge < -0.3 is 0 Å². The van der Waals surface area contributed by atoms with E-state index in [2.05, 4.69) is 47.1 Å². The third-order valence-electron chi connectivity index (χ3n) is 1.79. The summed E-state index contributed by atoms with van der Waals surface area (Å²) < 4.78 is 1.34. The van der Waals surface area contributed by atoms with E-state index in [9.17, 15) is 4.79 Å². The van der Waals surface area contributed by atoms with Crippen LogP contribution in [-0.4, -0.2) is 31.2 Å². The number of benzene rings is 1. The predicted octanol–water partition coefficient (Wildman–Crippen LogP) is 0.388. The number of H-pyrrole nitrogens is 1. The van der Waals surface area contributed by atoms with Crippen LogP contribution in [0.15, 0.2) is 33.5 Å². The third-order valence-corrected chi connectivity index (χ3v) is 2.71. The summed E-state index contributed by atoms with van der Waals surface area (Å²) in [6.45, 7) is 0. The topological polar surface area (TPSA) is 58.6 Å². The zero-order chi connectivity index (χ0) is 10.8. The van der Waals surface area contributed by atoms with Gasteiger partial charge in [0.15, 0.2) is 0 Å². The number of nitrogens with zero attached hydrogens (tertiary/aromatic N) is 2. The fourth-order valence-electron chi connectivity index (χ4n) is 1.12. The number of nitrogens with one attached hydrogen (secondary N) is 1. The number of hydrogen-bond donors (Lipinski definition) is 1. The van der Waals surface area contributed by atoms with Gasteiger partial charge in [-0.15, -0.1) is 0 Å². The van der Waals surface area contributed by atoms with Crippen LogP contribution in [0, 0.1) is 0 Å². The van der Waals surface area contributed by atoms with Gasteiger partial charge in [-0.1, -0.05) is 0 Å². The Kier molecular flexibility index (Phi) is 3.00. The maximum atomic E-state index is 11.5. The van der Waals surface area contributed by atoms with Gasteiger partial charge in [0.1, 0.15) is 0 Å². The number of aromatic nitrogens is 3. The van der Waals surface area contributed by atoms with Crippen LogP contribution in [0.3, 0.4) is 0 Å². The minimum absolute atomic E-state index is 0.249. The first-order chi connectivity index (χ1) is 7.16. The van der Waals surface area contributed by atoms with Gasteiger partial charge >= 0.3 is 102 Å². The average molecular weight is 330 g/mol. The Morgan fingerprint density at radius 3 is 2.47 bits per heavy atom. The number of halogens is 1. The van der Waals surface area contributed by atoms with Crippen LogP contribution >= 0.6 is 15.9 Å². The molecule has 0 saturated heterocycles. The molecule has 0 atom stereocenters. The van der Waals surface area contributed by atoms with Crippen LogP contribution in [0.4, 0.5) is 0 Å². The van der Waals surface area contributed by atoms with Gasteiger partial charge in [-0.3, -0.25) is 0 Å². The molecule has 2 aromatic rings. The molecule has 1 aromatic heterocycles. The minimum atomic E-state index is -0.249. The van der Waals surface area contributed by atoms with E-state index >= 15 is 0 Å². The van der Waals surface area contributed by atoms with Crippen LogP contribution in [0.2, 0.25) is 0 Å². The number of rotatable bonds is 1. The van der Waals surface area contributed by atoms with E-state index in [1.807, 2.05) is 24.3 Å². The van der Waals surface area contributed by atoms with Crippen molar-refractivity contribution in [3.63, 3.8) is 0 Å². The molecule has 0 saturated carbocycles. The molecule has 0 fully saturated rings. The van der Waals surface area contributed by atoms with Crippen LogP contribution in [0.1, 0.15) is 0 Å². The van der Waals surface area contributed by atoms with Crippen molar-refractivity contribution in [1.82, 2.24) is 15.2 Å². The van der Waals surface area contributed by atoms with Gasteiger partial charge in [-0.25, -0.2) is 0 Å². The molecular weight excluding hydrogens is 325 g/mol. The van der Waals surface area contributed by atoms with Crippen molar-refractivity contribution in [2.45, 2.75) is 0 Å². The molecule has 1 aromatic carbocycles. The quantitative estimate of drug-likeness (QED) is 0.770. The van der Waals surface area contributed by atoms with Gasteiger partial charge in [0.05, 0.1) is 0 Å². The molecule has 1 heterocycles. The normalized spacial score (nSPS) is 10.2. The van der Waals surface area contributed by atoms with Crippen LogP contribution in [-0.2, 0) is 0 Å². The Bertz CT molecular complexity index is 538. The Balaban J connectivity index is 2.55. The van der Waals surface area contributed by atoms with E-state index in [4.69, 9.17) is 0 Å². The van der Waals surface area contributed by atoms with Crippen LogP contribution < -0.4 is 10.3 Å². The van der Waals surface area contributed by atoms with Gasteiger partial charge in [-0.05, 0) is 0 Å². The fraction of sp³-hybridized carbons (Fsp3) is 0. The second kappa shape index (κ2) is 4.26. The SMILES string of the molecule is O=c1[nH]c([Se])nnc1-c1ccc(Br)cc1. The summed E-state index contributed by atoms with van der Waals surface area (Å²) in [4.78, 5) is 14.1. The van der Waals surface area contributed by atoms with Gasteiger partial charge in [0.25, 0.3) is 0 Å². The summed E-state index contributed by atoms with van der Waals surface area (Å²) in [7, 11) is 0. The number of hydrogen-bond acceptors (Lipinski definition) is 3. The first-order valence-corrected chi connectivity index (χ1v) is 5.72. The van der Waals surface area contributed by atoms with E-state index in [1.165, 1.54) is 0 Å². The molecule has 0 amide bonds. The van der Waals surface area contributed by atoms with Crippen molar-refractivity contribution in [2.75, 3.05) is 0 Å². The standard InChI is InChI=1S/C9H5BrN3OSe/c10-6-3-1-5(2-4-6)7-8(14)11-9(15)13-12-7/h1-4H,(H,11,13,14). The Labute approximate surface area is 102 Å². The van der Waals surface area contributed by atoms with Crippen molar-refractivity contribution in [3.05, 3.63) is 39.1 Å². The van der Waals surface area contributed by atoms with E-state index in [0.717, 1.165) is 10.0 Å². The summed E-state index contributed by atoms with van der Waals surface area (Å²) in [6.07, 6.45) is 0. The summed E-state index contributed by atoms with van der Waals surface area (Å²) in [5.74, 6) is 0. The van der Waals surface area contributed by atoms with Gasteiger partial charge in [0.2, 0.25) is 0 Å². The fourth-order valence-corrected chi connectivity index (χ4v) is 1.66. The molecule has 0 bridgehead atoms. The van der Waals surface area contributed by atoms with Crippen molar-refractivity contribution in [2.24, 2.45) is 0 Å². The molecule has 0 aliphatic heterocycles. The zero-order valence-electron chi connectivity index (χ0n) is 7.40.